The highest BCUT2D eigenvalue weighted by molar-refractivity contribution is 5.42. The van der Waals surface area contributed by atoms with Gasteiger partial charge in [-0.05, 0) is 73.1 Å². The molecular weight excluding hydrogens is 254 g/mol. The molecule has 0 unspecified atom stereocenters. The smallest absolute Gasteiger partial charge is 0.00105 e. The molecule has 21 heavy (non-hydrogen) atoms. The minimum absolute atomic E-state index is 0.215. The summed E-state index contributed by atoms with van der Waals surface area (Å²) in [4.78, 5) is 0. The highest BCUT2D eigenvalue weighted by Crippen LogP contribution is 2.30. The zero-order valence-corrected chi connectivity index (χ0v) is 15.2. The van der Waals surface area contributed by atoms with E-state index in [4.69, 9.17) is 5.73 Å². The highest BCUT2D eigenvalue weighted by Gasteiger charge is 2.19. The Morgan fingerprint density at radius 3 is 2.19 bits per heavy atom. The predicted molar refractivity (Wildman–Crippen MR) is 95.0 cm³/mol. The van der Waals surface area contributed by atoms with Crippen molar-refractivity contribution in [1.82, 2.24) is 0 Å². The van der Waals surface area contributed by atoms with E-state index < -0.39 is 0 Å². The molecule has 120 valence electrons. The van der Waals surface area contributed by atoms with E-state index >= 15 is 0 Å². The molecule has 1 aromatic rings. The fourth-order valence-corrected chi connectivity index (χ4v) is 3.04. The van der Waals surface area contributed by atoms with Crippen LogP contribution >= 0.6 is 0 Å². The Hall–Kier alpha value is -0.820. The molecule has 0 radical (unpaired) electrons. The van der Waals surface area contributed by atoms with Crippen molar-refractivity contribution in [2.45, 2.75) is 85.6 Å². The van der Waals surface area contributed by atoms with Gasteiger partial charge < -0.3 is 5.73 Å². The Morgan fingerprint density at radius 2 is 1.71 bits per heavy atom. The van der Waals surface area contributed by atoms with Crippen LogP contribution in [-0.2, 0) is 18.3 Å². The maximum Gasteiger partial charge on any atom is 0.00105 e. The van der Waals surface area contributed by atoms with Crippen LogP contribution in [0.1, 0.15) is 76.6 Å². The van der Waals surface area contributed by atoms with Gasteiger partial charge in [-0.15, -0.1) is 0 Å². The summed E-state index contributed by atoms with van der Waals surface area (Å²) in [5.41, 5.74) is 12.1. The summed E-state index contributed by atoms with van der Waals surface area (Å²) in [5.74, 6) is 0.704. The summed E-state index contributed by atoms with van der Waals surface area (Å²) in [6.45, 7) is 16.0. The first-order valence-electron chi connectivity index (χ1n) is 8.49. The topological polar surface area (TPSA) is 26.0 Å². The third kappa shape index (κ3) is 5.82. The van der Waals surface area contributed by atoms with Crippen molar-refractivity contribution in [3.05, 3.63) is 34.4 Å². The van der Waals surface area contributed by atoms with E-state index in [0.717, 1.165) is 12.8 Å². The molecule has 0 heterocycles. The molecule has 0 saturated carbocycles. The molecule has 0 amide bonds. The van der Waals surface area contributed by atoms with Gasteiger partial charge in [0.05, 0.1) is 0 Å². The fourth-order valence-electron chi connectivity index (χ4n) is 3.04. The third-order valence-electron chi connectivity index (χ3n) is 4.14. The van der Waals surface area contributed by atoms with E-state index in [9.17, 15) is 0 Å². The number of aryl methyl sites for hydroxylation is 1. The second-order valence-corrected chi connectivity index (χ2v) is 8.14. The standard InChI is InChI=1S/C20H35N/c1-14(2)11-18-12-17(10-8-9-15(3)21)13-19(16(18)4)20(5,6)7/h12-15H,8-11,21H2,1-7H3/t15-/m0/s1. The highest BCUT2D eigenvalue weighted by atomic mass is 14.6. The molecule has 1 aromatic carbocycles. The molecule has 0 bridgehead atoms. The Bertz CT molecular complexity index is 450. The lowest BCUT2D eigenvalue weighted by atomic mass is 9.80. The van der Waals surface area contributed by atoms with Crippen LogP contribution in [0.2, 0.25) is 0 Å². The molecule has 1 atom stereocenters. The fraction of sp³-hybridized carbons (Fsp3) is 0.700. The van der Waals surface area contributed by atoms with Crippen molar-refractivity contribution in [1.29, 1.82) is 0 Å². The van der Waals surface area contributed by atoms with Crippen LogP contribution in [0.15, 0.2) is 12.1 Å². The van der Waals surface area contributed by atoms with Crippen LogP contribution in [0.25, 0.3) is 0 Å². The zero-order valence-electron chi connectivity index (χ0n) is 15.2. The maximum atomic E-state index is 5.88. The van der Waals surface area contributed by atoms with Crippen LogP contribution in [0.4, 0.5) is 0 Å². The van der Waals surface area contributed by atoms with Gasteiger partial charge in [0.15, 0.2) is 0 Å². The Kier molecular flexibility index (Phi) is 6.46. The normalized spacial score (nSPS) is 13.8. The summed E-state index contributed by atoms with van der Waals surface area (Å²) in [6.07, 6.45) is 4.62. The second-order valence-electron chi connectivity index (χ2n) is 8.14. The van der Waals surface area contributed by atoms with E-state index in [1.165, 1.54) is 35.1 Å². The summed E-state index contributed by atoms with van der Waals surface area (Å²) < 4.78 is 0. The van der Waals surface area contributed by atoms with Gasteiger partial charge in [-0.25, -0.2) is 0 Å². The van der Waals surface area contributed by atoms with Gasteiger partial charge in [0.25, 0.3) is 0 Å². The quantitative estimate of drug-likeness (QED) is 0.769. The van der Waals surface area contributed by atoms with Crippen molar-refractivity contribution in [2.24, 2.45) is 11.7 Å². The summed E-state index contributed by atoms with van der Waals surface area (Å²) >= 11 is 0. The number of nitrogens with two attached hydrogens (primary N) is 1. The minimum atomic E-state index is 0.215. The Labute approximate surface area is 132 Å². The number of rotatable bonds is 6. The van der Waals surface area contributed by atoms with Crippen LogP contribution in [0, 0.1) is 12.8 Å². The lowest BCUT2D eigenvalue weighted by Gasteiger charge is -2.25. The minimum Gasteiger partial charge on any atom is -0.328 e. The summed E-state index contributed by atoms with van der Waals surface area (Å²) in [5, 5.41) is 0. The second kappa shape index (κ2) is 7.45. The average Bonchev–Trinajstić information content (AvgIpc) is 2.30. The average molecular weight is 290 g/mol. The largest absolute Gasteiger partial charge is 0.328 e. The molecule has 0 aliphatic rings. The van der Waals surface area contributed by atoms with Gasteiger partial charge >= 0.3 is 0 Å². The van der Waals surface area contributed by atoms with E-state index in [-0.39, 0.29) is 5.41 Å². The first kappa shape index (κ1) is 18.2. The van der Waals surface area contributed by atoms with E-state index in [1.807, 2.05) is 0 Å². The van der Waals surface area contributed by atoms with Crippen molar-refractivity contribution in [3.63, 3.8) is 0 Å². The molecule has 0 aliphatic carbocycles. The van der Waals surface area contributed by atoms with Crippen molar-refractivity contribution < 1.29 is 0 Å². The van der Waals surface area contributed by atoms with Crippen LogP contribution in [-0.4, -0.2) is 6.04 Å². The van der Waals surface area contributed by atoms with Crippen LogP contribution in [0.3, 0.4) is 0 Å². The van der Waals surface area contributed by atoms with E-state index in [2.05, 4.69) is 60.6 Å². The molecule has 0 fully saturated rings. The lowest BCUT2D eigenvalue weighted by Crippen LogP contribution is -2.16. The molecule has 1 rings (SSSR count). The van der Waals surface area contributed by atoms with Crippen LogP contribution < -0.4 is 5.73 Å². The lowest BCUT2D eigenvalue weighted by molar-refractivity contribution is 0.577. The van der Waals surface area contributed by atoms with Gasteiger partial charge in [-0.1, -0.05) is 46.8 Å². The van der Waals surface area contributed by atoms with E-state index in [0.29, 0.717) is 12.0 Å². The Morgan fingerprint density at radius 1 is 1.10 bits per heavy atom. The molecule has 0 spiro atoms. The van der Waals surface area contributed by atoms with Crippen molar-refractivity contribution in [3.8, 4) is 0 Å². The zero-order chi connectivity index (χ0) is 16.2. The molecule has 0 saturated heterocycles. The van der Waals surface area contributed by atoms with Gasteiger partial charge in [0.1, 0.15) is 0 Å². The van der Waals surface area contributed by atoms with E-state index in [1.54, 1.807) is 0 Å². The number of benzene rings is 1. The van der Waals surface area contributed by atoms with Crippen molar-refractivity contribution >= 4 is 0 Å². The summed E-state index contributed by atoms with van der Waals surface area (Å²) in [6, 6.07) is 5.18. The van der Waals surface area contributed by atoms with Gasteiger partial charge in [-0.2, -0.15) is 0 Å². The van der Waals surface area contributed by atoms with Gasteiger partial charge in [-0.3, -0.25) is 0 Å². The summed E-state index contributed by atoms with van der Waals surface area (Å²) in [7, 11) is 0. The first-order valence-corrected chi connectivity index (χ1v) is 8.49. The monoisotopic (exact) mass is 289 g/mol. The maximum absolute atomic E-state index is 5.88. The number of hydrogen-bond acceptors (Lipinski definition) is 1. The molecule has 1 nitrogen and oxygen atoms in total. The first-order chi connectivity index (χ1) is 9.61. The SMILES string of the molecule is Cc1c(CC(C)C)cc(CCC[C@H](C)N)cc1C(C)(C)C. The molecule has 2 N–H and O–H groups in total. The van der Waals surface area contributed by atoms with Gasteiger partial charge in [0, 0.05) is 6.04 Å². The molecule has 1 heteroatoms. The Balaban J connectivity index is 3.08. The predicted octanol–water partition coefficient (Wildman–Crippen LogP) is 5.16. The third-order valence-corrected chi connectivity index (χ3v) is 4.14. The van der Waals surface area contributed by atoms with Gasteiger partial charge in [0.2, 0.25) is 0 Å². The molecule has 0 aliphatic heterocycles. The molecular formula is C20H35N. The number of hydrogen-bond donors (Lipinski definition) is 1. The molecule has 0 aromatic heterocycles. The van der Waals surface area contributed by atoms with Crippen molar-refractivity contribution in [2.75, 3.05) is 0 Å². The van der Waals surface area contributed by atoms with Crippen LogP contribution in [0.5, 0.6) is 0 Å².